The molecule has 0 atom stereocenters. The Labute approximate surface area is 89.0 Å². The largest absolute Gasteiger partial charge is 0.386 e. The zero-order chi connectivity index (χ0) is 10.5. The Morgan fingerprint density at radius 1 is 1.33 bits per heavy atom. The molecule has 1 aromatic rings. The number of aromatic nitrogens is 2. The Hall–Kier alpha value is -1.16. The minimum Gasteiger partial charge on any atom is -0.386 e. The quantitative estimate of drug-likeness (QED) is 0.774. The van der Waals surface area contributed by atoms with Gasteiger partial charge in [-0.05, 0) is 25.7 Å². The molecule has 2 aliphatic rings. The third kappa shape index (κ3) is 1.40. The Kier molecular flexibility index (Phi) is 1.77. The molecule has 1 aliphatic heterocycles. The highest BCUT2D eigenvalue weighted by atomic mass is 16.3. The first-order valence-electron chi connectivity index (χ1n) is 5.44. The zero-order valence-corrected chi connectivity index (χ0v) is 8.85. The Balaban J connectivity index is 1.74. The zero-order valence-electron chi connectivity index (χ0n) is 8.85. The molecular weight excluding hydrogens is 190 g/mol. The van der Waals surface area contributed by atoms with Gasteiger partial charge < -0.3 is 10.0 Å². The molecule has 0 bridgehead atoms. The van der Waals surface area contributed by atoms with E-state index in [1.165, 1.54) is 12.8 Å². The highest BCUT2D eigenvalue weighted by Crippen LogP contribution is 2.45. The van der Waals surface area contributed by atoms with Crippen LogP contribution in [-0.2, 0) is 0 Å². The number of anilines is 1. The van der Waals surface area contributed by atoms with Gasteiger partial charge in [0, 0.05) is 12.4 Å². The van der Waals surface area contributed by atoms with Crippen molar-refractivity contribution in [2.75, 3.05) is 18.0 Å². The molecule has 0 spiro atoms. The van der Waals surface area contributed by atoms with E-state index in [2.05, 4.69) is 14.9 Å². The summed E-state index contributed by atoms with van der Waals surface area (Å²) >= 11 is 0. The van der Waals surface area contributed by atoms with Crippen LogP contribution in [0.4, 0.5) is 5.82 Å². The molecule has 2 fully saturated rings. The lowest BCUT2D eigenvalue weighted by molar-refractivity contribution is -0.00983. The second-order valence-corrected chi connectivity index (χ2v) is 4.70. The van der Waals surface area contributed by atoms with Gasteiger partial charge in [-0.2, -0.15) is 0 Å². The summed E-state index contributed by atoms with van der Waals surface area (Å²) in [5.74, 6) is 1.45. The first-order chi connectivity index (χ1) is 7.19. The van der Waals surface area contributed by atoms with Gasteiger partial charge in [-0.25, -0.2) is 4.98 Å². The maximum Gasteiger partial charge on any atom is 0.150 e. The van der Waals surface area contributed by atoms with Crippen molar-refractivity contribution in [1.82, 2.24) is 9.97 Å². The minimum absolute atomic E-state index is 0.441. The predicted molar refractivity (Wildman–Crippen MR) is 56.7 cm³/mol. The van der Waals surface area contributed by atoms with E-state index < -0.39 is 5.60 Å². The van der Waals surface area contributed by atoms with Gasteiger partial charge in [0.15, 0.2) is 0 Å². The maximum atomic E-state index is 10.2. The van der Waals surface area contributed by atoms with Crippen molar-refractivity contribution in [2.24, 2.45) is 5.92 Å². The number of rotatable bonds is 2. The molecular formula is C11H15N3O. The van der Waals surface area contributed by atoms with E-state index in [9.17, 15) is 5.11 Å². The van der Waals surface area contributed by atoms with E-state index in [0.29, 0.717) is 5.92 Å². The van der Waals surface area contributed by atoms with Crippen molar-refractivity contribution in [3.63, 3.8) is 0 Å². The van der Waals surface area contributed by atoms with Crippen LogP contribution in [0.25, 0.3) is 0 Å². The van der Waals surface area contributed by atoms with Gasteiger partial charge in [0.05, 0.1) is 18.8 Å². The summed E-state index contributed by atoms with van der Waals surface area (Å²) in [5, 5.41) is 10.2. The summed E-state index contributed by atoms with van der Waals surface area (Å²) in [6, 6.07) is 0. The van der Waals surface area contributed by atoms with Crippen molar-refractivity contribution in [3.8, 4) is 0 Å². The average Bonchev–Trinajstić information content (AvgIpc) is 2.97. The van der Waals surface area contributed by atoms with Crippen LogP contribution >= 0.6 is 0 Å². The molecule has 1 aliphatic carbocycles. The van der Waals surface area contributed by atoms with E-state index in [4.69, 9.17) is 0 Å². The summed E-state index contributed by atoms with van der Waals surface area (Å²) in [6.07, 6.45) is 5.77. The van der Waals surface area contributed by atoms with Crippen LogP contribution < -0.4 is 4.90 Å². The molecule has 15 heavy (non-hydrogen) atoms. The summed E-state index contributed by atoms with van der Waals surface area (Å²) in [4.78, 5) is 10.6. The van der Waals surface area contributed by atoms with Gasteiger partial charge >= 0.3 is 0 Å². The highest BCUT2D eigenvalue weighted by Gasteiger charge is 2.52. The van der Waals surface area contributed by atoms with Gasteiger partial charge in [0.1, 0.15) is 11.4 Å². The summed E-state index contributed by atoms with van der Waals surface area (Å²) in [5.41, 5.74) is 0.500. The molecule has 0 radical (unpaired) electrons. The fourth-order valence-corrected chi connectivity index (χ4v) is 2.35. The molecule has 4 heteroatoms. The van der Waals surface area contributed by atoms with Crippen molar-refractivity contribution in [3.05, 3.63) is 18.1 Å². The number of hydrogen-bond acceptors (Lipinski definition) is 4. The molecule has 0 aromatic carbocycles. The Morgan fingerprint density at radius 2 is 2.00 bits per heavy atom. The van der Waals surface area contributed by atoms with Crippen LogP contribution in [0, 0.1) is 12.8 Å². The molecule has 1 saturated heterocycles. The maximum absolute atomic E-state index is 10.2. The van der Waals surface area contributed by atoms with Crippen molar-refractivity contribution >= 4 is 5.82 Å². The average molecular weight is 205 g/mol. The number of hydrogen-bond donors (Lipinski definition) is 1. The van der Waals surface area contributed by atoms with E-state index in [1.807, 2.05) is 6.92 Å². The number of aliphatic hydroxyl groups is 1. The lowest BCUT2D eigenvalue weighted by Crippen LogP contribution is -2.63. The lowest BCUT2D eigenvalue weighted by atomic mass is 9.88. The van der Waals surface area contributed by atoms with Crippen LogP contribution in [0.1, 0.15) is 18.5 Å². The van der Waals surface area contributed by atoms with E-state index >= 15 is 0 Å². The van der Waals surface area contributed by atoms with Gasteiger partial charge in [-0.1, -0.05) is 0 Å². The highest BCUT2D eigenvalue weighted by molar-refractivity contribution is 5.47. The first-order valence-corrected chi connectivity index (χ1v) is 5.44. The normalized spacial score (nSPS) is 23.7. The molecule has 2 heterocycles. The molecule has 0 unspecified atom stereocenters. The van der Waals surface area contributed by atoms with Gasteiger partial charge in [0.2, 0.25) is 0 Å². The monoisotopic (exact) mass is 205 g/mol. The van der Waals surface area contributed by atoms with Crippen LogP contribution in [0.2, 0.25) is 0 Å². The Bertz CT molecular complexity index is 383. The minimum atomic E-state index is -0.441. The first kappa shape index (κ1) is 9.09. The van der Waals surface area contributed by atoms with Crippen LogP contribution in [0.15, 0.2) is 12.4 Å². The van der Waals surface area contributed by atoms with Crippen molar-refractivity contribution in [2.45, 2.75) is 25.4 Å². The smallest absolute Gasteiger partial charge is 0.150 e. The van der Waals surface area contributed by atoms with Gasteiger partial charge in [0.25, 0.3) is 0 Å². The lowest BCUT2D eigenvalue weighted by Gasteiger charge is -2.47. The fraction of sp³-hybridized carbons (Fsp3) is 0.636. The third-order valence-electron chi connectivity index (χ3n) is 3.42. The van der Waals surface area contributed by atoms with Crippen molar-refractivity contribution in [1.29, 1.82) is 0 Å². The van der Waals surface area contributed by atoms with Crippen LogP contribution in [0.3, 0.4) is 0 Å². The standard InChI is InChI=1S/C11H15N3O/c1-8-10(13-5-4-12-8)14-6-11(15,7-14)9-2-3-9/h4-5,9,15H,2-3,6-7H2,1H3. The van der Waals surface area contributed by atoms with Crippen LogP contribution in [-0.4, -0.2) is 33.8 Å². The van der Waals surface area contributed by atoms with Crippen molar-refractivity contribution < 1.29 is 5.11 Å². The van der Waals surface area contributed by atoms with E-state index in [0.717, 1.165) is 24.6 Å². The molecule has 0 amide bonds. The number of β-amino-alcohol motifs (C(OH)–C–C–N with tert-alkyl or cyclic N) is 1. The summed E-state index contributed by atoms with van der Waals surface area (Å²) < 4.78 is 0. The Morgan fingerprint density at radius 3 is 2.60 bits per heavy atom. The predicted octanol–water partition coefficient (Wildman–Crippen LogP) is 0.746. The second kappa shape index (κ2) is 2.92. The second-order valence-electron chi connectivity index (χ2n) is 4.70. The van der Waals surface area contributed by atoms with E-state index in [1.54, 1.807) is 12.4 Å². The van der Waals surface area contributed by atoms with Gasteiger partial charge in [-0.3, -0.25) is 4.98 Å². The van der Waals surface area contributed by atoms with Gasteiger partial charge in [-0.15, -0.1) is 0 Å². The van der Waals surface area contributed by atoms with Crippen LogP contribution in [0.5, 0.6) is 0 Å². The SMILES string of the molecule is Cc1nccnc1N1CC(O)(C2CC2)C1. The third-order valence-corrected chi connectivity index (χ3v) is 3.42. The molecule has 1 aromatic heterocycles. The molecule has 3 rings (SSSR count). The number of nitrogens with zero attached hydrogens (tertiary/aromatic N) is 3. The van der Waals surface area contributed by atoms with E-state index in [-0.39, 0.29) is 0 Å². The molecule has 4 nitrogen and oxygen atoms in total. The molecule has 80 valence electrons. The fourth-order valence-electron chi connectivity index (χ4n) is 2.35. The number of aryl methyl sites for hydroxylation is 1. The summed E-state index contributed by atoms with van der Waals surface area (Å²) in [7, 11) is 0. The summed E-state index contributed by atoms with van der Waals surface area (Å²) in [6.45, 7) is 3.39. The molecule has 1 N–H and O–H groups in total. The topological polar surface area (TPSA) is 49.2 Å². The molecule has 1 saturated carbocycles.